The number of methoxy groups -OCH3 is 1. The van der Waals surface area contributed by atoms with E-state index in [-0.39, 0.29) is 40.0 Å². The number of pyridine rings is 2. The van der Waals surface area contributed by atoms with Gasteiger partial charge in [0.1, 0.15) is 5.69 Å². The number of nitrogens with two attached hydrogens (primary N) is 1. The van der Waals surface area contributed by atoms with Crippen molar-refractivity contribution in [2.75, 3.05) is 7.11 Å². The predicted molar refractivity (Wildman–Crippen MR) is 108 cm³/mol. The number of H-pyrrole nitrogens is 1. The van der Waals surface area contributed by atoms with Crippen LogP contribution < -0.4 is 15.9 Å². The maximum absolute atomic E-state index is 14.4. The van der Waals surface area contributed by atoms with Crippen LogP contribution in [0.1, 0.15) is 52.8 Å². The van der Waals surface area contributed by atoms with E-state index in [0.29, 0.717) is 0 Å². The summed E-state index contributed by atoms with van der Waals surface area (Å²) in [6.45, 7) is 0. The quantitative estimate of drug-likeness (QED) is 0.589. The van der Waals surface area contributed by atoms with Crippen molar-refractivity contribution in [2.45, 2.75) is 37.0 Å². The first kappa shape index (κ1) is 21.8. The number of aromatic amines is 1. The topological polar surface area (TPSA) is 98.1 Å². The molecule has 1 aliphatic rings. The first-order valence-electron chi connectivity index (χ1n) is 9.84. The summed E-state index contributed by atoms with van der Waals surface area (Å²) in [6.07, 6.45) is 0.161. The van der Waals surface area contributed by atoms with E-state index in [9.17, 15) is 27.2 Å². The van der Waals surface area contributed by atoms with Gasteiger partial charge in [-0.05, 0) is 24.5 Å². The fourth-order valence-corrected chi connectivity index (χ4v) is 4.49. The second-order valence-electron chi connectivity index (χ2n) is 7.83. The molecule has 1 saturated carbocycles. The van der Waals surface area contributed by atoms with Gasteiger partial charge in [-0.1, -0.05) is 6.07 Å². The van der Waals surface area contributed by atoms with Crippen LogP contribution in [-0.4, -0.2) is 28.9 Å². The third kappa shape index (κ3) is 3.69. The van der Waals surface area contributed by atoms with Gasteiger partial charge in [0.2, 0.25) is 11.7 Å². The van der Waals surface area contributed by atoms with Crippen LogP contribution in [0, 0.1) is 11.6 Å². The molecule has 6 nitrogen and oxygen atoms in total. The normalized spacial score (nSPS) is 20.3. The standard InChI is InChI=1S/C22H19F4N3O3/c1-32-20-11(2-3-13(23)18(20)24)10-4-6-22(25,26)9-12(10)15-8-16(30)17-14(29-15)5-7-28-19(17)21(27)31/h2-3,5,7-8,10,12H,4,6,9H2,1H3,(H2,27,31)(H,29,30)/t10-,12+/m0/s1. The lowest BCUT2D eigenvalue weighted by Gasteiger charge is -2.37. The summed E-state index contributed by atoms with van der Waals surface area (Å²) in [5.74, 6) is -8.20. The van der Waals surface area contributed by atoms with Gasteiger partial charge >= 0.3 is 0 Å². The molecule has 0 spiro atoms. The van der Waals surface area contributed by atoms with Crippen LogP contribution in [0.3, 0.4) is 0 Å². The zero-order valence-electron chi connectivity index (χ0n) is 16.9. The number of fused-ring (bicyclic) bond motifs is 1. The van der Waals surface area contributed by atoms with Crippen LogP contribution in [0.4, 0.5) is 17.6 Å². The highest BCUT2D eigenvalue weighted by atomic mass is 19.3. The minimum absolute atomic E-state index is 0.0396. The van der Waals surface area contributed by atoms with Crippen molar-refractivity contribution in [3.8, 4) is 5.75 Å². The molecule has 1 fully saturated rings. The van der Waals surface area contributed by atoms with Gasteiger partial charge in [0.15, 0.2) is 17.0 Å². The lowest BCUT2D eigenvalue weighted by Crippen LogP contribution is -2.31. The third-order valence-corrected chi connectivity index (χ3v) is 5.91. The number of primary amides is 1. The number of benzene rings is 1. The molecule has 2 atom stereocenters. The molecule has 1 aliphatic carbocycles. The Kier molecular flexibility index (Phi) is 5.39. The van der Waals surface area contributed by atoms with Crippen LogP contribution in [0.5, 0.6) is 5.75 Å². The van der Waals surface area contributed by atoms with E-state index in [4.69, 9.17) is 10.5 Å². The molecule has 0 aliphatic heterocycles. The van der Waals surface area contributed by atoms with Crippen molar-refractivity contribution in [1.82, 2.24) is 9.97 Å². The summed E-state index contributed by atoms with van der Waals surface area (Å²) in [5, 5.41) is -0.0479. The Morgan fingerprint density at radius 3 is 2.69 bits per heavy atom. The summed E-state index contributed by atoms with van der Waals surface area (Å²) in [4.78, 5) is 31.2. The molecular weight excluding hydrogens is 430 g/mol. The number of hydrogen-bond donors (Lipinski definition) is 2. The molecule has 0 bridgehead atoms. The number of alkyl halides is 2. The Morgan fingerprint density at radius 1 is 1.25 bits per heavy atom. The average molecular weight is 449 g/mol. The number of ether oxygens (including phenoxy) is 1. The lowest BCUT2D eigenvalue weighted by molar-refractivity contribution is -0.0466. The SMILES string of the molecule is COc1c([C@@H]2CCC(F)(F)C[C@H]2c2cc(=O)c3c(C(N)=O)nccc3[nH]2)ccc(F)c1F. The highest BCUT2D eigenvalue weighted by molar-refractivity contribution is 6.03. The molecule has 1 amide bonds. The fourth-order valence-electron chi connectivity index (χ4n) is 4.49. The first-order chi connectivity index (χ1) is 15.1. The van der Waals surface area contributed by atoms with Crippen LogP contribution in [0.15, 0.2) is 35.3 Å². The number of carbonyl (C=O) groups excluding carboxylic acids is 1. The lowest BCUT2D eigenvalue weighted by atomic mass is 9.72. The van der Waals surface area contributed by atoms with Crippen LogP contribution in [0.2, 0.25) is 0 Å². The van der Waals surface area contributed by atoms with Gasteiger partial charge in [0.25, 0.3) is 5.91 Å². The van der Waals surface area contributed by atoms with E-state index < -0.39 is 53.6 Å². The average Bonchev–Trinajstić information content (AvgIpc) is 2.74. The van der Waals surface area contributed by atoms with Crippen molar-refractivity contribution in [3.63, 3.8) is 0 Å². The summed E-state index contributed by atoms with van der Waals surface area (Å²) in [6, 6.07) is 4.79. The van der Waals surface area contributed by atoms with Crippen LogP contribution >= 0.6 is 0 Å². The molecule has 32 heavy (non-hydrogen) atoms. The fraction of sp³-hybridized carbons (Fsp3) is 0.318. The van der Waals surface area contributed by atoms with Crippen LogP contribution in [0.25, 0.3) is 10.9 Å². The first-order valence-corrected chi connectivity index (χ1v) is 9.84. The number of hydrogen-bond acceptors (Lipinski definition) is 4. The van der Waals surface area contributed by atoms with Crippen LogP contribution in [-0.2, 0) is 0 Å². The predicted octanol–water partition coefficient (Wildman–Crippen LogP) is 4.00. The smallest absolute Gasteiger partial charge is 0.268 e. The molecule has 3 N–H and O–H groups in total. The number of nitrogens with zero attached hydrogens (tertiary/aromatic N) is 1. The molecule has 4 rings (SSSR count). The Hall–Kier alpha value is -3.43. The number of carbonyl (C=O) groups is 1. The highest BCUT2D eigenvalue weighted by Crippen LogP contribution is 2.51. The Bertz CT molecular complexity index is 1280. The van der Waals surface area contributed by atoms with E-state index in [1.807, 2.05) is 0 Å². The minimum atomic E-state index is -3.02. The van der Waals surface area contributed by atoms with Gasteiger partial charge < -0.3 is 15.5 Å². The Morgan fingerprint density at radius 2 is 2.00 bits per heavy atom. The monoisotopic (exact) mass is 449 g/mol. The van der Waals surface area contributed by atoms with E-state index >= 15 is 0 Å². The Balaban J connectivity index is 1.89. The molecule has 3 aromatic rings. The molecule has 0 unspecified atom stereocenters. The number of halogens is 4. The highest BCUT2D eigenvalue weighted by Gasteiger charge is 2.44. The van der Waals surface area contributed by atoms with Gasteiger partial charge in [-0.3, -0.25) is 14.6 Å². The number of amides is 1. The van der Waals surface area contributed by atoms with E-state index in [0.717, 1.165) is 12.1 Å². The number of aromatic nitrogens is 2. The molecule has 0 radical (unpaired) electrons. The van der Waals surface area contributed by atoms with Crippen molar-refractivity contribution in [3.05, 3.63) is 69.3 Å². The van der Waals surface area contributed by atoms with E-state index in [1.165, 1.54) is 25.4 Å². The maximum Gasteiger partial charge on any atom is 0.268 e. The number of nitrogens with one attached hydrogen (secondary N) is 1. The third-order valence-electron chi connectivity index (χ3n) is 5.91. The van der Waals surface area contributed by atoms with E-state index in [2.05, 4.69) is 9.97 Å². The largest absolute Gasteiger partial charge is 0.493 e. The van der Waals surface area contributed by atoms with Crippen molar-refractivity contribution < 1.29 is 27.1 Å². The van der Waals surface area contributed by atoms with E-state index in [1.54, 1.807) is 0 Å². The second-order valence-corrected chi connectivity index (χ2v) is 7.83. The molecule has 1 aromatic carbocycles. The summed E-state index contributed by atoms with van der Waals surface area (Å²) in [7, 11) is 1.17. The Labute approximate surface area is 179 Å². The summed E-state index contributed by atoms with van der Waals surface area (Å²) in [5.41, 5.74) is 5.07. The van der Waals surface area contributed by atoms with Gasteiger partial charge in [0, 0.05) is 42.3 Å². The second kappa shape index (κ2) is 7.92. The van der Waals surface area contributed by atoms with Crippen molar-refractivity contribution >= 4 is 16.8 Å². The summed E-state index contributed by atoms with van der Waals surface area (Å²) < 4.78 is 61.9. The zero-order valence-corrected chi connectivity index (χ0v) is 16.9. The molecule has 0 saturated heterocycles. The molecular formula is C22H19F4N3O3. The summed E-state index contributed by atoms with van der Waals surface area (Å²) >= 11 is 0. The number of rotatable bonds is 4. The van der Waals surface area contributed by atoms with Gasteiger partial charge in [-0.15, -0.1) is 0 Å². The van der Waals surface area contributed by atoms with Gasteiger partial charge in [-0.2, -0.15) is 4.39 Å². The molecule has 10 heteroatoms. The van der Waals surface area contributed by atoms with Gasteiger partial charge in [-0.25, -0.2) is 13.2 Å². The molecule has 168 valence electrons. The maximum atomic E-state index is 14.4. The molecule has 2 heterocycles. The van der Waals surface area contributed by atoms with Gasteiger partial charge in [0.05, 0.1) is 18.0 Å². The van der Waals surface area contributed by atoms with Crippen molar-refractivity contribution in [2.24, 2.45) is 5.73 Å². The zero-order chi connectivity index (χ0) is 23.2. The molecule has 2 aromatic heterocycles. The minimum Gasteiger partial charge on any atom is -0.493 e. The van der Waals surface area contributed by atoms with Crippen molar-refractivity contribution in [1.29, 1.82) is 0 Å².